The number of nitrogens with one attached hydrogen (secondary N) is 1. The molecule has 1 aliphatic rings. The fourth-order valence-electron chi connectivity index (χ4n) is 2.56. The van der Waals surface area contributed by atoms with Crippen LogP contribution in [0.3, 0.4) is 0 Å². The van der Waals surface area contributed by atoms with Crippen molar-refractivity contribution in [1.29, 1.82) is 0 Å². The quantitative estimate of drug-likeness (QED) is 0.505. The maximum Gasteiger partial charge on any atom is 0.120 e. The molecule has 2 nitrogen and oxygen atoms in total. The SMILES string of the molecule is C=C\C(Br)=C/C=C\C=C/C=C(/O)C(=C)C1NCCc2ccccc21. The van der Waals surface area contributed by atoms with Crippen LogP contribution in [-0.4, -0.2) is 11.7 Å². The van der Waals surface area contributed by atoms with E-state index >= 15 is 0 Å². The average molecular weight is 384 g/mol. The van der Waals surface area contributed by atoms with Gasteiger partial charge in [0, 0.05) is 16.6 Å². The molecule has 0 fully saturated rings. The highest BCUT2D eigenvalue weighted by molar-refractivity contribution is 9.11. The number of hydrogen-bond donors (Lipinski definition) is 2. The van der Waals surface area contributed by atoms with Crippen molar-refractivity contribution < 1.29 is 5.11 Å². The van der Waals surface area contributed by atoms with E-state index in [-0.39, 0.29) is 11.8 Å². The third-order valence-corrected chi connectivity index (χ3v) is 4.41. The Hall–Kier alpha value is -2.10. The number of rotatable bonds is 6. The Labute approximate surface area is 152 Å². The minimum absolute atomic E-state index is 0.0402. The fourth-order valence-corrected chi connectivity index (χ4v) is 2.71. The lowest BCUT2D eigenvalue weighted by Gasteiger charge is -2.28. The summed E-state index contributed by atoms with van der Waals surface area (Å²) in [6.07, 6.45) is 13.7. The van der Waals surface area contributed by atoms with Crippen LogP contribution in [0.5, 0.6) is 0 Å². The van der Waals surface area contributed by atoms with Gasteiger partial charge in [-0.05, 0) is 29.7 Å². The molecule has 24 heavy (non-hydrogen) atoms. The molecule has 0 spiro atoms. The molecule has 0 aliphatic carbocycles. The molecule has 0 bridgehead atoms. The van der Waals surface area contributed by atoms with Crippen LogP contribution in [0, 0.1) is 0 Å². The second-order valence-electron chi connectivity index (χ2n) is 5.44. The lowest BCUT2D eigenvalue weighted by molar-refractivity contribution is 0.404. The molecule has 2 N–H and O–H groups in total. The third kappa shape index (κ3) is 4.95. The smallest absolute Gasteiger partial charge is 0.120 e. The zero-order valence-corrected chi connectivity index (χ0v) is 15.2. The molecule has 1 atom stereocenters. The summed E-state index contributed by atoms with van der Waals surface area (Å²) in [4.78, 5) is 0. The molecule has 0 amide bonds. The first kappa shape index (κ1) is 18.2. The molecule has 1 heterocycles. The minimum atomic E-state index is -0.0402. The van der Waals surface area contributed by atoms with Crippen LogP contribution in [0.15, 0.2) is 95.8 Å². The second-order valence-corrected chi connectivity index (χ2v) is 6.35. The van der Waals surface area contributed by atoms with Crippen LogP contribution in [0.1, 0.15) is 17.2 Å². The number of benzene rings is 1. The highest BCUT2D eigenvalue weighted by Crippen LogP contribution is 2.30. The van der Waals surface area contributed by atoms with Gasteiger partial charge in [0.1, 0.15) is 5.76 Å². The van der Waals surface area contributed by atoms with Gasteiger partial charge in [-0.1, -0.05) is 83.7 Å². The summed E-state index contributed by atoms with van der Waals surface area (Å²) in [6.45, 7) is 8.61. The number of aliphatic hydroxyl groups is 1. The second kappa shape index (κ2) is 9.26. The van der Waals surface area contributed by atoms with E-state index in [0.29, 0.717) is 5.57 Å². The highest BCUT2D eigenvalue weighted by atomic mass is 79.9. The molecule has 0 radical (unpaired) electrons. The van der Waals surface area contributed by atoms with Crippen molar-refractivity contribution in [2.45, 2.75) is 12.5 Å². The lowest BCUT2D eigenvalue weighted by Crippen LogP contribution is -2.31. The molecular weight excluding hydrogens is 362 g/mol. The summed E-state index contributed by atoms with van der Waals surface area (Å²) in [5, 5.41) is 13.7. The van der Waals surface area contributed by atoms with Crippen molar-refractivity contribution in [3.05, 3.63) is 107 Å². The van der Waals surface area contributed by atoms with Gasteiger partial charge in [-0.15, -0.1) is 0 Å². The van der Waals surface area contributed by atoms with Crippen molar-refractivity contribution in [2.24, 2.45) is 0 Å². The number of allylic oxidation sites excluding steroid dienone is 8. The summed E-state index contributed by atoms with van der Waals surface area (Å²) >= 11 is 3.34. The molecule has 2 rings (SSSR count). The highest BCUT2D eigenvalue weighted by Gasteiger charge is 2.23. The molecule has 1 aliphatic heterocycles. The zero-order chi connectivity index (χ0) is 17.4. The lowest BCUT2D eigenvalue weighted by atomic mass is 9.89. The summed E-state index contributed by atoms with van der Waals surface area (Å²) in [6, 6.07) is 8.26. The van der Waals surface area contributed by atoms with E-state index in [1.54, 1.807) is 18.2 Å². The van der Waals surface area contributed by atoms with Gasteiger partial charge >= 0.3 is 0 Å². The third-order valence-electron chi connectivity index (χ3n) is 3.82. The van der Waals surface area contributed by atoms with E-state index in [9.17, 15) is 5.11 Å². The van der Waals surface area contributed by atoms with E-state index in [1.807, 2.05) is 36.4 Å². The van der Waals surface area contributed by atoms with E-state index in [0.717, 1.165) is 17.4 Å². The Morgan fingerprint density at radius 3 is 2.62 bits per heavy atom. The predicted octanol–water partition coefficient (Wildman–Crippen LogP) is 5.45. The monoisotopic (exact) mass is 383 g/mol. The molecule has 0 saturated heterocycles. The summed E-state index contributed by atoms with van der Waals surface area (Å²) in [5.41, 5.74) is 3.19. The van der Waals surface area contributed by atoms with Gasteiger partial charge < -0.3 is 10.4 Å². The first-order chi connectivity index (χ1) is 11.6. The van der Waals surface area contributed by atoms with Gasteiger partial charge in [-0.2, -0.15) is 0 Å². The van der Waals surface area contributed by atoms with Crippen LogP contribution >= 0.6 is 15.9 Å². The Morgan fingerprint density at radius 1 is 1.17 bits per heavy atom. The van der Waals surface area contributed by atoms with E-state index in [1.165, 1.54) is 11.1 Å². The van der Waals surface area contributed by atoms with Crippen LogP contribution in [0.25, 0.3) is 0 Å². The summed E-state index contributed by atoms with van der Waals surface area (Å²) in [5.74, 6) is 0.191. The van der Waals surface area contributed by atoms with Crippen molar-refractivity contribution in [3.8, 4) is 0 Å². The first-order valence-electron chi connectivity index (χ1n) is 7.86. The molecule has 0 saturated carbocycles. The van der Waals surface area contributed by atoms with Crippen molar-refractivity contribution in [1.82, 2.24) is 5.32 Å². The molecule has 0 aromatic heterocycles. The van der Waals surface area contributed by atoms with Gasteiger partial charge in [-0.25, -0.2) is 0 Å². The van der Waals surface area contributed by atoms with Gasteiger partial charge in [0.25, 0.3) is 0 Å². The van der Waals surface area contributed by atoms with Crippen LogP contribution in [0.2, 0.25) is 0 Å². The van der Waals surface area contributed by atoms with Gasteiger partial charge in [0.05, 0.1) is 6.04 Å². The number of aliphatic hydroxyl groups excluding tert-OH is 1. The van der Waals surface area contributed by atoms with E-state index in [4.69, 9.17) is 0 Å². The number of halogens is 1. The fraction of sp³-hybridized carbons (Fsp3) is 0.143. The topological polar surface area (TPSA) is 32.3 Å². The van der Waals surface area contributed by atoms with Crippen molar-refractivity contribution in [3.63, 3.8) is 0 Å². The van der Waals surface area contributed by atoms with Crippen molar-refractivity contribution >= 4 is 15.9 Å². The average Bonchev–Trinajstić information content (AvgIpc) is 2.62. The Balaban J connectivity index is 2.03. The number of fused-ring (bicyclic) bond motifs is 1. The van der Waals surface area contributed by atoms with E-state index in [2.05, 4.69) is 46.5 Å². The molecule has 124 valence electrons. The van der Waals surface area contributed by atoms with Gasteiger partial charge in [0.2, 0.25) is 0 Å². The maximum absolute atomic E-state index is 10.3. The van der Waals surface area contributed by atoms with Crippen molar-refractivity contribution in [2.75, 3.05) is 6.54 Å². The molecule has 3 heteroatoms. The predicted molar refractivity (Wildman–Crippen MR) is 106 cm³/mol. The Morgan fingerprint density at radius 2 is 1.88 bits per heavy atom. The van der Waals surface area contributed by atoms with Crippen LogP contribution < -0.4 is 5.32 Å². The van der Waals surface area contributed by atoms with Crippen LogP contribution in [-0.2, 0) is 6.42 Å². The normalized spacial score (nSPS) is 18.8. The molecule has 1 aromatic rings. The van der Waals surface area contributed by atoms with E-state index < -0.39 is 0 Å². The Kier molecular flexibility index (Phi) is 7.04. The minimum Gasteiger partial charge on any atom is -0.508 e. The van der Waals surface area contributed by atoms with Gasteiger partial charge in [0.15, 0.2) is 0 Å². The zero-order valence-electron chi connectivity index (χ0n) is 13.6. The molecular formula is C21H22BrNO. The number of hydrogen-bond acceptors (Lipinski definition) is 2. The Bertz CT molecular complexity index is 725. The largest absolute Gasteiger partial charge is 0.508 e. The standard InChI is InChI=1S/C21H22BrNO/c1-3-18(22)11-6-4-5-7-13-20(24)16(2)21-19-12-9-8-10-17(19)14-15-23-21/h3-13,21,23-24H,1-2,14-15H2/b6-4-,7-5-,18-11+,20-13+. The maximum atomic E-state index is 10.3. The molecule has 1 aromatic carbocycles. The van der Waals surface area contributed by atoms with Crippen LogP contribution in [0.4, 0.5) is 0 Å². The summed E-state index contributed by atoms with van der Waals surface area (Å²) in [7, 11) is 0. The first-order valence-corrected chi connectivity index (χ1v) is 8.65. The molecule has 1 unspecified atom stereocenters. The van der Waals surface area contributed by atoms with Gasteiger partial charge in [-0.3, -0.25) is 0 Å². The summed E-state index contributed by atoms with van der Waals surface area (Å²) < 4.78 is 0.918.